The van der Waals surface area contributed by atoms with Crippen LogP contribution in [-0.4, -0.2) is 23.1 Å². The third-order valence-electron chi connectivity index (χ3n) is 2.43. The summed E-state index contributed by atoms with van der Waals surface area (Å²) in [7, 11) is 0. The zero-order valence-electron chi connectivity index (χ0n) is 10.2. The molecule has 1 aromatic rings. The second-order valence-electron chi connectivity index (χ2n) is 3.86. The summed E-state index contributed by atoms with van der Waals surface area (Å²) in [5.74, 6) is -1.04. The van der Waals surface area contributed by atoms with Gasteiger partial charge in [-0.05, 0) is 37.1 Å². The Morgan fingerprint density at radius 2 is 2.11 bits per heavy atom. The SMILES string of the molecule is CC[C@H](NC(=O)Nc1ccc(Br)c(C)c1)C(=O)O. The van der Waals surface area contributed by atoms with Crippen molar-refractivity contribution in [2.24, 2.45) is 0 Å². The van der Waals surface area contributed by atoms with Gasteiger partial charge in [-0.15, -0.1) is 0 Å². The van der Waals surface area contributed by atoms with Crippen LogP contribution in [0.1, 0.15) is 18.9 Å². The minimum absolute atomic E-state index is 0.335. The number of carbonyl (C=O) groups is 2. The van der Waals surface area contributed by atoms with E-state index in [9.17, 15) is 9.59 Å². The van der Waals surface area contributed by atoms with Gasteiger partial charge in [0.15, 0.2) is 0 Å². The fraction of sp³-hybridized carbons (Fsp3) is 0.333. The molecule has 0 bridgehead atoms. The van der Waals surface area contributed by atoms with Gasteiger partial charge in [-0.3, -0.25) is 0 Å². The summed E-state index contributed by atoms with van der Waals surface area (Å²) < 4.78 is 0.949. The largest absolute Gasteiger partial charge is 0.480 e. The molecule has 0 aliphatic rings. The summed E-state index contributed by atoms with van der Waals surface area (Å²) in [6.45, 7) is 3.60. The number of aliphatic carboxylic acids is 1. The van der Waals surface area contributed by atoms with Crippen molar-refractivity contribution >= 4 is 33.6 Å². The maximum atomic E-state index is 11.6. The van der Waals surface area contributed by atoms with Crippen LogP contribution in [0.15, 0.2) is 22.7 Å². The van der Waals surface area contributed by atoms with Crippen LogP contribution in [0.25, 0.3) is 0 Å². The predicted molar refractivity (Wildman–Crippen MR) is 72.7 cm³/mol. The minimum atomic E-state index is -1.04. The van der Waals surface area contributed by atoms with Gasteiger partial charge in [-0.2, -0.15) is 0 Å². The monoisotopic (exact) mass is 314 g/mol. The van der Waals surface area contributed by atoms with Crippen molar-refractivity contribution in [1.82, 2.24) is 5.32 Å². The maximum absolute atomic E-state index is 11.6. The molecule has 1 aromatic carbocycles. The number of carbonyl (C=O) groups excluding carboxylic acids is 1. The number of nitrogens with one attached hydrogen (secondary N) is 2. The number of amides is 2. The molecule has 0 saturated carbocycles. The van der Waals surface area contributed by atoms with E-state index < -0.39 is 18.0 Å². The second kappa shape index (κ2) is 6.39. The summed E-state index contributed by atoms with van der Waals surface area (Å²) in [5, 5.41) is 13.8. The van der Waals surface area contributed by atoms with E-state index in [1.165, 1.54) is 0 Å². The van der Waals surface area contributed by atoms with E-state index in [-0.39, 0.29) is 0 Å². The lowest BCUT2D eigenvalue weighted by molar-refractivity contribution is -0.139. The Bertz CT molecular complexity index is 463. The van der Waals surface area contributed by atoms with Crippen LogP contribution >= 0.6 is 15.9 Å². The summed E-state index contributed by atoms with van der Waals surface area (Å²) in [5.41, 5.74) is 1.60. The lowest BCUT2D eigenvalue weighted by Crippen LogP contribution is -2.42. The molecular formula is C12H15BrN2O3. The summed E-state index contributed by atoms with van der Waals surface area (Å²) in [6.07, 6.45) is 0.335. The first kappa shape index (κ1) is 14.5. The number of carboxylic acid groups (broad SMARTS) is 1. The molecule has 0 aliphatic heterocycles. The van der Waals surface area contributed by atoms with Gasteiger partial charge >= 0.3 is 12.0 Å². The highest BCUT2D eigenvalue weighted by Crippen LogP contribution is 2.19. The molecule has 0 radical (unpaired) electrons. The molecule has 18 heavy (non-hydrogen) atoms. The lowest BCUT2D eigenvalue weighted by atomic mass is 10.2. The van der Waals surface area contributed by atoms with Crippen LogP contribution in [0.4, 0.5) is 10.5 Å². The zero-order valence-corrected chi connectivity index (χ0v) is 11.7. The number of urea groups is 1. The van der Waals surface area contributed by atoms with E-state index in [0.29, 0.717) is 12.1 Å². The Balaban J connectivity index is 2.64. The van der Waals surface area contributed by atoms with E-state index in [4.69, 9.17) is 5.11 Å². The molecule has 2 amide bonds. The molecule has 6 heteroatoms. The Morgan fingerprint density at radius 3 is 2.61 bits per heavy atom. The molecule has 5 nitrogen and oxygen atoms in total. The van der Waals surface area contributed by atoms with E-state index >= 15 is 0 Å². The van der Waals surface area contributed by atoms with Crippen molar-refractivity contribution in [2.75, 3.05) is 5.32 Å². The van der Waals surface area contributed by atoms with Crippen molar-refractivity contribution in [2.45, 2.75) is 26.3 Å². The van der Waals surface area contributed by atoms with Crippen LogP contribution in [0, 0.1) is 6.92 Å². The number of aryl methyl sites for hydroxylation is 1. The first-order valence-corrected chi connectivity index (χ1v) is 6.29. The third-order valence-corrected chi connectivity index (χ3v) is 3.32. The van der Waals surface area contributed by atoms with E-state index in [1.54, 1.807) is 19.1 Å². The summed E-state index contributed by atoms with van der Waals surface area (Å²) in [6, 6.07) is 3.95. The first-order valence-electron chi connectivity index (χ1n) is 5.50. The molecule has 0 unspecified atom stereocenters. The Labute approximate surface area is 114 Å². The van der Waals surface area contributed by atoms with Gasteiger partial charge in [0, 0.05) is 10.2 Å². The number of halogens is 1. The molecule has 0 spiro atoms. The van der Waals surface area contributed by atoms with Gasteiger partial charge in [0.05, 0.1) is 0 Å². The minimum Gasteiger partial charge on any atom is -0.480 e. The number of hydrogen-bond donors (Lipinski definition) is 3. The molecule has 0 aromatic heterocycles. The van der Waals surface area contributed by atoms with Gasteiger partial charge < -0.3 is 15.7 Å². The smallest absolute Gasteiger partial charge is 0.326 e. The normalized spacial score (nSPS) is 11.7. The van der Waals surface area contributed by atoms with Crippen LogP contribution in [0.3, 0.4) is 0 Å². The average molecular weight is 315 g/mol. The van der Waals surface area contributed by atoms with Gasteiger partial charge in [0.1, 0.15) is 6.04 Å². The fourth-order valence-corrected chi connectivity index (χ4v) is 1.63. The van der Waals surface area contributed by atoms with Crippen molar-refractivity contribution < 1.29 is 14.7 Å². The van der Waals surface area contributed by atoms with E-state index in [2.05, 4.69) is 26.6 Å². The van der Waals surface area contributed by atoms with Crippen molar-refractivity contribution in [3.05, 3.63) is 28.2 Å². The Morgan fingerprint density at radius 1 is 1.44 bits per heavy atom. The van der Waals surface area contributed by atoms with Crippen LogP contribution in [0.5, 0.6) is 0 Å². The highest BCUT2D eigenvalue weighted by Gasteiger charge is 2.17. The molecular weight excluding hydrogens is 300 g/mol. The van der Waals surface area contributed by atoms with Gasteiger partial charge in [-0.25, -0.2) is 9.59 Å². The number of carboxylic acids is 1. The molecule has 0 aliphatic carbocycles. The molecule has 98 valence electrons. The Kier molecular flexibility index (Phi) is 5.15. The van der Waals surface area contributed by atoms with Crippen molar-refractivity contribution in [1.29, 1.82) is 0 Å². The average Bonchev–Trinajstić information content (AvgIpc) is 2.30. The summed E-state index contributed by atoms with van der Waals surface area (Å²) in [4.78, 5) is 22.4. The summed E-state index contributed by atoms with van der Waals surface area (Å²) >= 11 is 3.36. The van der Waals surface area contributed by atoms with Gasteiger partial charge in [0.25, 0.3) is 0 Å². The number of benzene rings is 1. The molecule has 1 atom stereocenters. The van der Waals surface area contributed by atoms with Crippen LogP contribution in [-0.2, 0) is 4.79 Å². The predicted octanol–water partition coefficient (Wildman–Crippen LogP) is 2.74. The quantitative estimate of drug-likeness (QED) is 0.799. The highest BCUT2D eigenvalue weighted by molar-refractivity contribution is 9.10. The maximum Gasteiger partial charge on any atom is 0.326 e. The van der Waals surface area contributed by atoms with E-state index in [1.807, 2.05) is 13.0 Å². The third kappa shape index (κ3) is 4.03. The molecule has 1 rings (SSSR count). The van der Waals surface area contributed by atoms with Gasteiger partial charge in [-0.1, -0.05) is 22.9 Å². The molecule has 0 fully saturated rings. The molecule has 0 saturated heterocycles. The van der Waals surface area contributed by atoms with Crippen molar-refractivity contribution in [3.63, 3.8) is 0 Å². The van der Waals surface area contributed by atoms with Crippen LogP contribution < -0.4 is 10.6 Å². The molecule has 3 N–H and O–H groups in total. The molecule has 0 heterocycles. The number of hydrogen-bond acceptors (Lipinski definition) is 2. The topological polar surface area (TPSA) is 78.4 Å². The number of anilines is 1. The fourth-order valence-electron chi connectivity index (χ4n) is 1.39. The van der Waals surface area contributed by atoms with Crippen molar-refractivity contribution in [3.8, 4) is 0 Å². The van der Waals surface area contributed by atoms with Crippen LogP contribution in [0.2, 0.25) is 0 Å². The lowest BCUT2D eigenvalue weighted by Gasteiger charge is -2.13. The Hall–Kier alpha value is -1.56. The van der Waals surface area contributed by atoms with Gasteiger partial charge in [0.2, 0.25) is 0 Å². The highest BCUT2D eigenvalue weighted by atomic mass is 79.9. The standard InChI is InChI=1S/C12H15BrN2O3/c1-3-10(11(16)17)15-12(18)14-8-4-5-9(13)7(2)6-8/h4-6,10H,3H2,1-2H3,(H,16,17)(H2,14,15,18)/t10-/m0/s1. The number of rotatable bonds is 4. The van der Waals surface area contributed by atoms with E-state index in [0.717, 1.165) is 10.0 Å². The first-order chi connectivity index (χ1) is 8.43. The zero-order chi connectivity index (χ0) is 13.7. The second-order valence-corrected chi connectivity index (χ2v) is 4.72.